The number of hydrogen-bond acceptors (Lipinski definition) is 9. The van der Waals surface area contributed by atoms with E-state index in [9.17, 15) is 23.1 Å². The zero-order chi connectivity index (χ0) is 25.4. The second-order valence-corrected chi connectivity index (χ2v) is 7.89. The van der Waals surface area contributed by atoms with E-state index in [-0.39, 0.29) is 41.2 Å². The fraction of sp³-hybridized carbons (Fsp3) is 0.286. The van der Waals surface area contributed by atoms with Crippen LogP contribution < -0.4 is 10.1 Å². The largest absolute Gasteiger partial charge is 0.573 e. The highest BCUT2D eigenvalue weighted by Gasteiger charge is 2.31. The Morgan fingerprint density at radius 3 is 2.71 bits per heavy atom. The lowest BCUT2D eigenvalue weighted by molar-refractivity contribution is -0.274. The number of halogens is 3. The van der Waals surface area contributed by atoms with Crippen LogP contribution in [0.15, 0.2) is 45.6 Å². The molecule has 0 bridgehead atoms. The highest BCUT2D eigenvalue weighted by atomic mass is 19.4. The van der Waals surface area contributed by atoms with Gasteiger partial charge < -0.3 is 24.0 Å². The Balaban J connectivity index is 1.50. The summed E-state index contributed by atoms with van der Waals surface area (Å²) in [6.45, 7) is 4.65. The summed E-state index contributed by atoms with van der Waals surface area (Å²) in [7, 11) is 0. The topological polar surface area (TPSA) is 141 Å². The number of amides is 1. The normalized spacial score (nSPS) is 12.1. The lowest BCUT2D eigenvalue weighted by Crippen LogP contribution is -2.17. The van der Waals surface area contributed by atoms with Crippen LogP contribution in [0, 0.1) is 6.92 Å². The molecule has 0 aliphatic heterocycles. The highest BCUT2D eigenvalue weighted by Crippen LogP contribution is 2.31. The molecule has 4 rings (SSSR count). The van der Waals surface area contributed by atoms with Crippen LogP contribution in [0.5, 0.6) is 5.75 Å². The first-order valence-electron chi connectivity index (χ1n) is 10.1. The fourth-order valence-corrected chi connectivity index (χ4v) is 3.00. The number of benzene rings is 1. The zero-order valence-corrected chi connectivity index (χ0v) is 18.6. The smallest absolute Gasteiger partial charge is 0.446 e. The van der Waals surface area contributed by atoms with Crippen molar-refractivity contribution in [2.24, 2.45) is 0 Å². The molecule has 35 heavy (non-hydrogen) atoms. The average Bonchev–Trinajstić information content (AvgIpc) is 3.47. The van der Waals surface area contributed by atoms with Gasteiger partial charge in [0, 0.05) is 12.5 Å². The molecule has 0 saturated heterocycles. The van der Waals surface area contributed by atoms with E-state index in [0.717, 1.165) is 12.1 Å². The molecule has 184 valence electrons. The van der Waals surface area contributed by atoms with Gasteiger partial charge in [-0.2, -0.15) is 9.90 Å². The molecule has 0 aliphatic carbocycles. The minimum atomic E-state index is -4.87. The molecule has 0 spiro atoms. The van der Waals surface area contributed by atoms with Crippen LogP contribution in [0.25, 0.3) is 11.3 Å². The van der Waals surface area contributed by atoms with Gasteiger partial charge in [-0.25, -0.2) is 9.97 Å². The molecule has 4 aromatic rings. The van der Waals surface area contributed by atoms with Gasteiger partial charge >= 0.3 is 6.36 Å². The number of aliphatic hydroxyl groups is 1. The molecule has 0 fully saturated rings. The monoisotopic (exact) mass is 492 g/mol. The second kappa shape index (κ2) is 8.87. The summed E-state index contributed by atoms with van der Waals surface area (Å²) in [6.07, 6.45) is -2.27. The van der Waals surface area contributed by atoms with Crippen LogP contribution >= 0.6 is 0 Å². The van der Waals surface area contributed by atoms with Crippen LogP contribution in [-0.4, -0.2) is 42.3 Å². The Morgan fingerprint density at radius 1 is 1.26 bits per heavy atom. The third-order valence-electron chi connectivity index (χ3n) is 4.51. The van der Waals surface area contributed by atoms with Gasteiger partial charge in [0.1, 0.15) is 29.9 Å². The lowest BCUT2D eigenvalue weighted by atomic mass is 10.1. The van der Waals surface area contributed by atoms with Gasteiger partial charge in [-0.15, -0.1) is 18.3 Å². The first-order valence-corrected chi connectivity index (χ1v) is 10.1. The van der Waals surface area contributed by atoms with Gasteiger partial charge in [-0.05, 0) is 26.0 Å². The standard InChI is InChI=1S/C21H19F3N6O5/c1-11-26-17(18(34-11)12-5-4-6-13(7-12)35-21(22,23)24)19(31)28-15-8-25-30(29-15)9-16-27-14(10-33-16)20(2,3)32/h4-8,10,32H,9H2,1-3H3,(H,28,29,31). The van der Waals surface area contributed by atoms with E-state index in [1.54, 1.807) is 13.8 Å². The fourth-order valence-electron chi connectivity index (χ4n) is 3.00. The number of aromatic nitrogens is 5. The van der Waals surface area contributed by atoms with Crippen LogP contribution in [0.1, 0.15) is 41.8 Å². The predicted octanol–water partition coefficient (Wildman–Crippen LogP) is 3.66. The Hall–Kier alpha value is -4.20. The van der Waals surface area contributed by atoms with Crippen molar-refractivity contribution in [3.63, 3.8) is 0 Å². The maximum atomic E-state index is 12.8. The predicted molar refractivity (Wildman–Crippen MR) is 112 cm³/mol. The number of anilines is 1. The van der Waals surface area contributed by atoms with Crippen molar-refractivity contribution < 1.29 is 36.6 Å². The number of hydrogen-bond donors (Lipinski definition) is 2. The Labute approximate surface area is 195 Å². The van der Waals surface area contributed by atoms with Gasteiger partial charge in [0.15, 0.2) is 23.2 Å². The highest BCUT2D eigenvalue weighted by molar-refractivity contribution is 6.06. The van der Waals surface area contributed by atoms with E-state index in [0.29, 0.717) is 5.69 Å². The molecule has 1 aromatic carbocycles. The van der Waals surface area contributed by atoms with E-state index in [1.807, 2.05) is 0 Å². The van der Waals surface area contributed by atoms with Crippen molar-refractivity contribution in [1.82, 2.24) is 25.0 Å². The van der Waals surface area contributed by atoms with E-state index in [2.05, 4.69) is 30.2 Å². The number of oxazole rings is 2. The Kier molecular flexibility index (Phi) is 6.06. The molecule has 0 aliphatic rings. The summed E-state index contributed by atoms with van der Waals surface area (Å²) < 4.78 is 52.4. The molecular weight excluding hydrogens is 473 g/mol. The minimum Gasteiger partial charge on any atom is -0.446 e. The average molecular weight is 492 g/mol. The number of nitrogens with zero attached hydrogens (tertiary/aromatic N) is 5. The summed E-state index contributed by atoms with van der Waals surface area (Å²) in [5.74, 6) is -0.790. The maximum Gasteiger partial charge on any atom is 0.573 e. The third-order valence-corrected chi connectivity index (χ3v) is 4.51. The summed E-state index contributed by atoms with van der Waals surface area (Å²) in [4.78, 5) is 22.3. The Morgan fingerprint density at radius 2 is 2.03 bits per heavy atom. The van der Waals surface area contributed by atoms with E-state index in [1.165, 1.54) is 36.3 Å². The van der Waals surface area contributed by atoms with E-state index >= 15 is 0 Å². The minimum absolute atomic E-state index is 0.0340. The number of alkyl halides is 3. The summed E-state index contributed by atoms with van der Waals surface area (Å²) in [5, 5.41) is 20.6. The van der Waals surface area contributed by atoms with Gasteiger partial charge in [0.05, 0.1) is 6.20 Å². The molecule has 0 unspecified atom stereocenters. The van der Waals surface area contributed by atoms with Crippen molar-refractivity contribution in [1.29, 1.82) is 0 Å². The lowest BCUT2D eigenvalue weighted by Gasteiger charge is -2.11. The number of ether oxygens (including phenoxy) is 1. The molecule has 0 radical (unpaired) electrons. The van der Waals surface area contributed by atoms with Gasteiger partial charge in [-0.3, -0.25) is 4.79 Å². The molecule has 0 saturated carbocycles. The molecule has 3 aromatic heterocycles. The van der Waals surface area contributed by atoms with Crippen molar-refractivity contribution in [3.05, 3.63) is 59.9 Å². The Bertz CT molecular complexity index is 1350. The number of nitrogens with one attached hydrogen (secondary N) is 1. The van der Waals surface area contributed by atoms with Crippen LogP contribution in [0.3, 0.4) is 0 Å². The van der Waals surface area contributed by atoms with Gasteiger partial charge in [-0.1, -0.05) is 12.1 Å². The number of rotatable bonds is 7. The molecule has 2 N–H and O–H groups in total. The molecule has 1 amide bonds. The molecular formula is C21H19F3N6O5. The van der Waals surface area contributed by atoms with Crippen LogP contribution in [0.4, 0.5) is 19.0 Å². The number of aryl methyl sites for hydroxylation is 1. The summed E-state index contributed by atoms with van der Waals surface area (Å²) >= 11 is 0. The summed E-state index contributed by atoms with van der Waals surface area (Å²) in [6, 6.07) is 4.98. The van der Waals surface area contributed by atoms with Crippen molar-refractivity contribution in [2.45, 2.75) is 39.3 Å². The quantitative estimate of drug-likeness (QED) is 0.395. The van der Waals surface area contributed by atoms with Crippen LogP contribution in [0.2, 0.25) is 0 Å². The maximum absolute atomic E-state index is 12.8. The number of carbonyl (C=O) groups excluding carboxylic acids is 1. The molecule has 14 heteroatoms. The zero-order valence-electron chi connectivity index (χ0n) is 18.6. The van der Waals surface area contributed by atoms with Crippen molar-refractivity contribution in [3.8, 4) is 17.1 Å². The molecule has 3 heterocycles. The van der Waals surface area contributed by atoms with E-state index in [4.69, 9.17) is 8.83 Å². The van der Waals surface area contributed by atoms with Crippen LogP contribution in [-0.2, 0) is 12.1 Å². The second-order valence-electron chi connectivity index (χ2n) is 7.89. The van der Waals surface area contributed by atoms with Gasteiger partial charge in [0.25, 0.3) is 5.91 Å². The molecule has 0 atom stereocenters. The van der Waals surface area contributed by atoms with E-state index < -0.39 is 23.6 Å². The van der Waals surface area contributed by atoms with Crippen molar-refractivity contribution >= 4 is 11.7 Å². The first-order chi connectivity index (χ1) is 16.4. The SMILES string of the molecule is Cc1nc(C(=O)Nc2cnn(Cc3nc(C(C)(C)O)co3)n2)c(-c2cccc(OC(F)(F)F)c2)o1. The third kappa shape index (κ3) is 5.84. The summed E-state index contributed by atoms with van der Waals surface area (Å²) in [5.41, 5.74) is -0.840. The number of carbonyl (C=O) groups is 1. The van der Waals surface area contributed by atoms with Gasteiger partial charge in [0.2, 0.25) is 5.89 Å². The first kappa shape index (κ1) is 23.9. The molecule has 11 nitrogen and oxygen atoms in total. The van der Waals surface area contributed by atoms with Crippen molar-refractivity contribution in [2.75, 3.05) is 5.32 Å².